The Morgan fingerprint density at radius 3 is 2.18 bits per heavy atom. The molecule has 0 saturated heterocycles. The molecule has 0 fully saturated rings. The molecule has 3 aromatic heterocycles. The zero-order chi connectivity index (χ0) is 23.6. The van der Waals surface area contributed by atoms with E-state index in [1.807, 2.05) is 24.3 Å². The van der Waals surface area contributed by atoms with E-state index < -0.39 is 0 Å². The lowest BCUT2D eigenvalue weighted by molar-refractivity contribution is -0.121. The minimum absolute atomic E-state index is 0.0373. The van der Waals surface area contributed by atoms with E-state index in [9.17, 15) is 4.79 Å². The highest BCUT2D eigenvalue weighted by Gasteiger charge is 2.11. The molecule has 0 atom stereocenters. The van der Waals surface area contributed by atoms with Gasteiger partial charge in [-0.05, 0) is 49.2 Å². The van der Waals surface area contributed by atoms with Crippen LogP contribution in [0.1, 0.15) is 37.5 Å². The summed E-state index contributed by atoms with van der Waals surface area (Å²) in [4.78, 5) is 24.8. The van der Waals surface area contributed by atoms with Crippen molar-refractivity contribution in [2.75, 3.05) is 13.7 Å². The Morgan fingerprint density at radius 2 is 1.50 bits per heavy atom. The molecule has 0 spiro atoms. The summed E-state index contributed by atoms with van der Waals surface area (Å²) >= 11 is 0. The lowest BCUT2D eigenvalue weighted by atomic mass is 10.2. The second kappa shape index (κ2) is 11.7. The van der Waals surface area contributed by atoms with Crippen LogP contribution in [0.25, 0.3) is 22.8 Å². The third kappa shape index (κ3) is 6.47. The minimum atomic E-state index is -0.0373. The predicted octanol–water partition coefficient (Wildman–Crippen LogP) is 3.65. The average molecular weight is 463 g/mol. The number of carbonyl (C=O) groups is 1. The molecule has 10 nitrogen and oxygen atoms in total. The van der Waals surface area contributed by atoms with Crippen molar-refractivity contribution in [2.24, 2.45) is 0 Å². The summed E-state index contributed by atoms with van der Waals surface area (Å²) in [5.74, 6) is 2.86. The van der Waals surface area contributed by atoms with Gasteiger partial charge in [0.2, 0.25) is 29.3 Å². The number of aromatic nitrogens is 5. The van der Waals surface area contributed by atoms with Gasteiger partial charge in [-0.2, -0.15) is 9.97 Å². The van der Waals surface area contributed by atoms with Gasteiger partial charge < -0.3 is 19.1 Å². The van der Waals surface area contributed by atoms with Gasteiger partial charge in [-0.25, -0.2) is 0 Å². The number of methoxy groups -OCH3 is 1. The standard InChI is InChI=1S/C24H26N6O4/c1-32-19-8-6-17(7-9-19)23-27-21(33-29-23)5-3-2-4-14-26-20(31)10-11-22-28-24(30-34-22)18-12-15-25-16-13-18/h6-9,12-13,15-16H,2-5,10-11,14H2,1H3,(H,26,31). The molecule has 0 bridgehead atoms. The summed E-state index contributed by atoms with van der Waals surface area (Å²) in [6.07, 6.45) is 7.46. The molecule has 176 valence electrons. The zero-order valence-electron chi connectivity index (χ0n) is 18.9. The molecule has 1 N–H and O–H groups in total. The van der Waals surface area contributed by atoms with Crippen LogP contribution in [-0.4, -0.2) is 44.8 Å². The third-order valence-corrected chi connectivity index (χ3v) is 5.18. The topological polar surface area (TPSA) is 129 Å². The van der Waals surface area contributed by atoms with Crippen LogP contribution >= 0.6 is 0 Å². The van der Waals surface area contributed by atoms with E-state index >= 15 is 0 Å². The van der Waals surface area contributed by atoms with Gasteiger partial charge in [0.05, 0.1) is 7.11 Å². The maximum Gasteiger partial charge on any atom is 0.227 e. The number of unbranched alkanes of at least 4 members (excludes halogenated alkanes) is 2. The Bertz CT molecular complexity index is 1170. The molecule has 0 aliphatic carbocycles. The number of hydrogen-bond donors (Lipinski definition) is 1. The summed E-state index contributed by atoms with van der Waals surface area (Å²) in [5.41, 5.74) is 1.71. The molecule has 1 aromatic carbocycles. The number of nitrogens with one attached hydrogen (secondary N) is 1. The lowest BCUT2D eigenvalue weighted by Crippen LogP contribution is -2.24. The van der Waals surface area contributed by atoms with Crippen molar-refractivity contribution in [1.29, 1.82) is 0 Å². The van der Waals surface area contributed by atoms with Crippen LogP contribution in [0, 0.1) is 0 Å². The van der Waals surface area contributed by atoms with Gasteiger partial charge in [-0.3, -0.25) is 9.78 Å². The molecule has 10 heteroatoms. The number of ether oxygens (including phenoxy) is 1. The van der Waals surface area contributed by atoms with Gasteiger partial charge >= 0.3 is 0 Å². The Kier molecular flexibility index (Phi) is 7.94. The molecular weight excluding hydrogens is 436 g/mol. The van der Waals surface area contributed by atoms with Crippen LogP contribution < -0.4 is 10.1 Å². The Balaban J connectivity index is 1.09. The van der Waals surface area contributed by atoms with Crippen molar-refractivity contribution in [3.63, 3.8) is 0 Å². The normalized spacial score (nSPS) is 10.9. The van der Waals surface area contributed by atoms with Gasteiger partial charge in [-0.1, -0.05) is 16.7 Å². The first-order valence-corrected chi connectivity index (χ1v) is 11.2. The fourth-order valence-corrected chi connectivity index (χ4v) is 3.30. The van der Waals surface area contributed by atoms with Gasteiger partial charge in [0, 0.05) is 49.3 Å². The van der Waals surface area contributed by atoms with Crippen LogP contribution in [0.5, 0.6) is 5.75 Å². The van der Waals surface area contributed by atoms with Crippen LogP contribution in [0.15, 0.2) is 57.8 Å². The highest BCUT2D eigenvalue weighted by atomic mass is 16.5. The summed E-state index contributed by atoms with van der Waals surface area (Å²) in [5, 5.41) is 10.9. The molecule has 0 radical (unpaired) electrons. The molecule has 4 rings (SSSR count). The number of rotatable bonds is 12. The summed E-state index contributed by atoms with van der Waals surface area (Å²) in [7, 11) is 1.63. The highest BCUT2D eigenvalue weighted by molar-refractivity contribution is 5.76. The van der Waals surface area contributed by atoms with Gasteiger partial charge in [0.15, 0.2) is 0 Å². The van der Waals surface area contributed by atoms with Crippen LogP contribution in [0.4, 0.5) is 0 Å². The number of nitrogens with zero attached hydrogens (tertiary/aromatic N) is 5. The average Bonchev–Trinajstić information content (AvgIpc) is 3.55. The smallest absolute Gasteiger partial charge is 0.227 e. The fourth-order valence-electron chi connectivity index (χ4n) is 3.30. The number of aryl methyl sites for hydroxylation is 2. The summed E-state index contributed by atoms with van der Waals surface area (Å²) < 4.78 is 15.7. The number of amides is 1. The molecule has 0 unspecified atom stereocenters. The van der Waals surface area contributed by atoms with E-state index in [0.717, 1.165) is 36.1 Å². The highest BCUT2D eigenvalue weighted by Crippen LogP contribution is 2.20. The minimum Gasteiger partial charge on any atom is -0.497 e. The monoisotopic (exact) mass is 462 g/mol. The second-order valence-corrected chi connectivity index (χ2v) is 7.65. The van der Waals surface area contributed by atoms with Gasteiger partial charge in [-0.15, -0.1) is 0 Å². The number of benzene rings is 1. The maximum absolute atomic E-state index is 12.1. The van der Waals surface area contributed by atoms with E-state index in [1.165, 1.54) is 0 Å². The molecule has 0 aliphatic heterocycles. The van der Waals surface area contributed by atoms with Crippen LogP contribution in [-0.2, 0) is 17.6 Å². The summed E-state index contributed by atoms with van der Waals surface area (Å²) in [6, 6.07) is 11.1. The molecular formula is C24H26N6O4. The molecule has 34 heavy (non-hydrogen) atoms. The predicted molar refractivity (Wildman–Crippen MR) is 123 cm³/mol. The van der Waals surface area contributed by atoms with Crippen molar-refractivity contribution in [3.8, 4) is 28.5 Å². The zero-order valence-corrected chi connectivity index (χ0v) is 18.9. The first kappa shape index (κ1) is 23.1. The SMILES string of the molecule is COc1ccc(-c2noc(CCCCCNC(=O)CCc3nc(-c4ccncc4)no3)n2)cc1. The quantitative estimate of drug-likeness (QED) is 0.314. The molecule has 0 aliphatic rings. The first-order chi connectivity index (χ1) is 16.7. The third-order valence-electron chi connectivity index (χ3n) is 5.18. The molecule has 3 heterocycles. The lowest BCUT2D eigenvalue weighted by Gasteiger charge is -2.03. The largest absolute Gasteiger partial charge is 0.497 e. The number of pyridine rings is 1. The van der Waals surface area contributed by atoms with Crippen molar-refractivity contribution in [1.82, 2.24) is 30.6 Å². The van der Waals surface area contributed by atoms with Crippen LogP contribution in [0.2, 0.25) is 0 Å². The number of hydrogen-bond acceptors (Lipinski definition) is 9. The van der Waals surface area contributed by atoms with Crippen LogP contribution in [0.3, 0.4) is 0 Å². The fraction of sp³-hybridized carbons (Fsp3) is 0.333. The van der Waals surface area contributed by atoms with Crippen molar-refractivity contribution in [3.05, 3.63) is 60.6 Å². The van der Waals surface area contributed by atoms with Crippen molar-refractivity contribution >= 4 is 5.91 Å². The van der Waals surface area contributed by atoms with E-state index in [2.05, 4.69) is 30.6 Å². The van der Waals surface area contributed by atoms with E-state index in [4.69, 9.17) is 13.8 Å². The Hall–Kier alpha value is -4.08. The summed E-state index contributed by atoms with van der Waals surface area (Å²) in [6.45, 7) is 0.617. The van der Waals surface area contributed by atoms with Gasteiger partial charge in [0.1, 0.15) is 5.75 Å². The van der Waals surface area contributed by atoms with Gasteiger partial charge in [0.25, 0.3) is 0 Å². The molecule has 1 amide bonds. The van der Waals surface area contributed by atoms with Crippen molar-refractivity contribution in [2.45, 2.75) is 38.5 Å². The Morgan fingerprint density at radius 1 is 0.853 bits per heavy atom. The first-order valence-electron chi connectivity index (χ1n) is 11.2. The Labute approximate surface area is 196 Å². The van der Waals surface area contributed by atoms with E-state index in [1.54, 1.807) is 31.6 Å². The number of carbonyl (C=O) groups excluding carboxylic acids is 1. The maximum atomic E-state index is 12.1. The van der Waals surface area contributed by atoms with E-state index in [0.29, 0.717) is 49.2 Å². The van der Waals surface area contributed by atoms with Crippen molar-refractivity contribution < 1.29 is 18.6 Å². The second-order valence-electron chi connectivity index (χ2n) is 7.65. The molecule has 0 saturated carbocycles. The van der Waals surface area contributed by atoms with E-state index in [-0.39, 0.29) is 5.91 Å². The molecule has 4 aromatic rings.